The molecule has 18 heavy (non-hydrogen) atoms. The number of anilines is 1. The maximum absolute atomic E-state index is 11.9. The number of hydrogen-bond acceptors (Lipinski definition) is 3. The summed E-state index contributed by atoms with van der Waals surface area (Å²) in [6, 6.07) is 4.55. The van der Waals surface area contributed by atoms with Crippen LogP contribution in [0, 0.1) is 5.92 Å². The van der Waals surface area contributed by atoms with Crippen molar-refractivity contribution in [2.75, 3.05) is 12.4 Å². The Kier molecular flexibility index (Phi) is 5.44. The molecule has 0 aliphatic carbocycles. The lowest BCUT2D eigenvalue weighted by Crippen LogP contribution is -2.40. The SMILES string of the molecule is CCC(C)C(N)C(=O)Nc1ccc(OC)c(Cl)c1. The molecular formula is C13H19ClN2O2. The topological polar surface area (TPSA) is 64.4 Å². The van der Waals surface area contributed by atoms with Gasteiger partial charge in [0.25, 0.3) is 0 Å². The Balaban J connectivity index is 2.73. The summed E-state index contributed by atoms with van der Waals surface area (Å²) in [4.78, 5) is 11.9. The Labute approximate surface area is 112 Å². The molecule has 0 aromatic heterocycles. The first-order valence-electron chi connectivity index (χ1n) is 5.89. The molecule has 0 saturated heterocycles. The van der Waals surface area contributed by atoms with Gasteiger partial charge in [0.1, 0.15) is 5.75 Å². The smallest absolute Gasteiger partial charge is 0.241 e. The third-order valence-electron chi connectivity index (χ3n) is 2.98. The Morgan fingerprint density at radius 2 is 2.22 bits per heavy atom. The molecule has 1 amide bonds. The third kappa shape index (κ3) is 3.62. The molecule has 1 rings (SSSR count). The van der Waals surface area contributed by atoms with Gasteiger partial charge in [-0.2, -0.15) is 0 Å². The maximum Gasteiger partial charge on any atom is 0.241 e. The molecule has 100 valence electrons. The number of rotatable bonds is 5. The molecule has 4 nitrogen and oxygen atoms in total. The minimum Gasteiger partial charge on any atom is -0.495 e. The fourth-order valence-corrected chi connectivity index (χ4v) is 1.74. The summed E-state index contributed by atoms with van der Waals surface area (Å²) < 4.78 is 5.04. The van der Waals surface area contributed by atoms with Crippen molar-refractivity contribution in [1.82, 2.24) is 0 Å². The number of ether oxygens (including phenoxy) is 1. The van der Waals surface area contributed by atoms with Crippen molar-refractivity contribution in [2.24, 2.45) is 11.7 Å². The van der Waals surface area contributed by atoms with Crippen LogP contribution in [0.15, 0.2) is 18.2 Å². The van der Waals surface area contributed by atoms with Crippen LogP contribution in [0.2, 0.25) is 5.02 Å². The molecule has 5 heteroatoms. The number of amides is 1. The predicted octanol–water partition coefficient (Wildman–Crippen LogP) is 2.66. The number of carbonyl (C=O) groups excluding carboxylic acids is 1. The Hall–Kier alpha value is -1.26. The van der Waals surface area contributed by atoms with E-state index >= 15 is 0 Å². The second-order valence-corrected chi connectivity index (χ2v) is 4.66. The van der Waals surface area contributed by atoms with Gasteiger partial charge in [-0.1, -0.05) is 31.9 Å². The van der Waals surface area contributed by atoms with Gasteiger partial charge in [0, 0.05) is 5.69 Å². The molecular weight excluding hydrogens is 252 g/mol. The highest BCUT2D eigenvalue weighted by Gasteiger charge is 2.19. The predicted molar refractivity (Wildman–Crippen MR) is 74.1 cm³/mol. The van der Waals surface area contributed by atoms with Gasteiger partial charge in [0.2, 0.25) is 5.91 Å². The summed E-state index contributed by atoms with van der Waals surface area (Å²) in [5.74, 6) is 0.505. The largest absolute Gasteiger partial charge is 0.495 e. The van der Waals surface area contributed by atoms with Crippen LogP contribution in [0.1, 0.15) is 20.3 Å². The van der Waals surface area contributed by atoms with Crippen LogP contribution in [0.3, 0.4) is 0 Å². The van der Waals surface area contributed by atoms with E-state index in [1.165, 1.54) is 7.11 Å². The van der Waals surface area contributed by atoms with E-state index < -0.39 is 6.04 Å². The molecule has 0 heterocycles. The molecule has 0 spiro atoms. The van der Waals surface area contributed by atoms with Gasteiger partial charge in [0.15, 0.2) is 0 Å². The van der Waals surface area contributed by atoms with Crippen molar-refractivity contribution in [3.05, 3.63) is 23.2 Å². The Bertz CT molecular complexity index is 423. The third-order valence-corrected chi connectivity index (χ3v) is 3.27. The first kappa shape index (κ1) is 14.8. The average Bonchev–Trinajstić information content (AvgIpc) is 2.37. The summed E-state index contributed by atoms with van der Waals surface area (Å²) >= 11 is 5.97. The van der Waals surface area contributed by atoms with Gasteiger partial charge >= 0.3 is 0 Å². The maximum atomic E-state index is 11.9. The fraction of sp³-hybridized carbons (Fsp3) is 0.462. The van der Waals surface area contributed by atoms with Gasteiger partial charge in [0.05, 0.1) is 18.2 Å². The number of carbonyl (C=O) groups is 1. The van der Waals surface area contributed by atoms with Crippen LogP contribution < -0.4 is 15.8 Å². The van der Waals surface area contributed by atoms with Crippen LogP contribution in [0.5, 0.6) is 5.75 Å². The van der Waals surface area contributed by atoms with Crippen molar-refractivity contribution in [3.63, 3.8) is 0 Å². The molecule has 0 radical (unpaired) electrons. The number of methoxy groups -OCH3 is 1. The lowest BCUT2D eigenvalue weighted by Gasteiger charge is -2.18. The van der Waals surface area contributed by atoms with E-state index in [1.54, 1.807) is 18.2 Å². The Morgan fingerprint density at radius 3 is 2.72 bits per heavy atom. The molecule has 1 aromatic carbocycles. The lowest BCUT2D eigenvalue weighted by atomic mass is 9.99. The van der Waals surface area contributed by atoms with Crippen LogP contribution in [0.25, 0.3) is 0 Å². The minimum absolute atomic E-state index is 0.138. The minimum atomic E-state index is -0.518. The zero-order valence-electron chi connectivity index (χ0n) is 10.9. The molecule has 0 aliphatic heterocycles. The molecule has 1 aromatic rings. The molecule has 2 unspecified atom stereocenters. The quantitative estimate of drug-likeness (QED) is 0.865. The van der Waals surface area contributed by atoms with Gasteiger partial charge in [-0.15, -0.1) is 0 Å². The van der Waals surface area contributed by atoms with E-state index in [0.717, 1.165) is 6.42 Å². The second kappa shape index (κ2) is 6.61. The van der Waals surface area contributed by atoms with E-state index in [4.69, 9.17) is 22.1 Å². The van der Waals surface area contributed by atoms with E-state index in [9.17, 15) is 4.79 Å². The average molecular weight is 271 g/mol. The standard InChI is InChI=1S/C13H19ClN2O2/c1-4-8(2)12(15)13(17)16-9-5-6-11(18-3)10(14)7-9/h5-8,12H,4,15H2,1-3H3,(H,16,17). The lowest BCUT2D eigenvalue weighted by molar-refractivity contribution is -0.118. The number of nitrogens with one attached hydrogen (secondary N) is 1. The summed E-state index contributed by atoms with van der Waals surface area (Å²) in [6.07, 6.45) is 0.859. The van der Waals surface area contributed by atoms with Crippen LogP contribution in [-0.2, 0) is 4.79 Å². The number of benzene rings is 1. The molecule has 0 aliphatic rings. The van der Waals surface area contributed by atoms with E-state index in [2.05, 4.69) is 5.32 Å². The van der Waals surface area contributed by atoms with Crippen molar-refractivity contribution < 1.29 is 9.53 Å². The molecule has 0 bridgehead atoms. The van der Waals surface area contributed by atoms with Crippen molar-refractivity contribution in [3.8, 4) is 5.75 Å². The van der Waals surface area contributed by atoms with E-state index in [-0.39, 0.29) is 11.8 Å². The van der Waals surface area contributed by atoms with Gasteiger partial charge < -0.3 is 15.8 Å². The Morgan fingerprint density at radius 1 is 1.56 bits per heavy atom. The van der Waals surface area contributed by atoms with E-state index in [0.29, 0.717) is 16.5 Å². The van der Waals surface area contributed by atoms with Crippen LogP contribution >= 0.6 is 11.6 Å². The van der Waals surface area contributed by atoms with Gasteiger partial charge in [-0.05, 0) is 24.1 Å². The van der Waals surface area contributed by atoms with E-state index in [1.807, 2.05) is 13.8 Å². The summed E-state index contributed by atoms with van der Waals surface area (Å²) in [6.45, 7) is 3.95. The zero-order valence-corrected chi connectivity index (χ0v) is 11.6. The van der Waals surface area contributed by atoms with Crippen LogP contribution in [0.4, 0.5) is 5.69 Å². The fourth-order valence-electron chi connectivity index (χ4n) is 1.48. The molecule has 0 saturated carbocycles. The summed E-state index contributed by atoms with van der Waals surface area (Å²) in [5.41, 5.74) is 6.46. The molecule has 0 fully saturated rings. The number of nitrogens with two attached hydrogens (primary N) is 1. The monoisotopic (exact) mass is 270 g/mol. The molecule has 2 atom stereocenters. The zero-order chi connectivity index (χ0) is 13.7. The number of halogens is 1. The first-order chi connectivity index (χ1) is 8.49. The highest BCUT2D eigenvalue weighted by atomic mass is 35.5. The number of hydrogen-bond donors (Lipinski definition) is 2. The van der Waals surface area contributed by atoms with Crippen molar-refractivity contribution in [1.29, 1.82) is 0 Å². The second-order valence-electron chi connectivity index (χ2n) is 4.25. The summed E-state index contributed by atoms with van der Waals surface area (Å²) in [7, 11) is 1.54. The van der Waals surface area contributed by atoms with Gasteiger partial charge in [-0.3, -0.25) is 4.79 Å². The summed E-state index contributed by atoms with van der Waals surface area (Å²) in [5, 5.41) is 3.20. The van der Waals surface area contributed by atoms with Crippen LogP contribution in [-0.4, -0.2) is 19.1 Å². The highest BCUT2D eigenvalue weighted by molar-refractivity contribution is 6.32. The van der Waals surface area contributed by atoms with Crippen molar-refractivity contribution >= 4 is 23.2 Å². The normalized spacial score (nSPS) is 13.8. The highest BCUT2D eigenvalue weighted by Crippen LogP contribution is 2.27. The van der Waals surface area contributed by atoms with Gasteiger partial charge in [-0.25, -0.2) is 0 Å². The first-order valence-corrected chi connectivity index (χ1v) is 6.27. The van der Waals surface area contributed by atoms with Crippen molar-refractivity contribution in [2.45, 2.75) is 26.3 Å². The molecule has 3 N–H and O–H groups in total.